The summed E-state index contributed by atoms with van der Waals surface area (Å²) in [6, 6.07) is 7.37. The third kappa shape index (κ3) is 5.25. The molecule has 0 saturated heterocycles. The monoisotopic (exact) mass is 577 g/mol. The average Bonchev–Trinajstić information content (AvgIpc) is 3.55. The summed E-state index contributed by atoms with van der Waals surface area (Å²) < 4.78 is 2.16. The Balaban J connectivity index is 1.15. The first-order valence-corrected chi connectivity index (χ1v) is 17.3. The van der Waals surface area contributed by atoms with Crippen LogP contribution in [0.1, 0.15) is 120 Å². The number of hydrogen-bond acceptors (Lipinski definition) is 4. The van der Waals surface area contributed by atoms with Crippen LogP contribution in [-0.4, -0.2) is 26.3 Å². The van der Waals surface area contributed by atoms with Crippen LogP contribution in [0.2, 0.25) is 0 Å². The molecule has 2 bridgehead atoms. The number of benzene rings is 1. The summed E-state index contributed by atoms with van der Waals surface area (Å²) in [6.45, 7) is 12.7. The molecule has 2 aromatic heterocycles. The molecule has 0 spiro atoms. The van der Waals surface area contributed by atoms with E-state index in [0.29, 0.717) is 16.7 Å². The molecule has 0 radical (unpaired) electrons. The van der Waals surface area contributed by atoms with Crippen molar-refractivity contribution in [2.24, 2.45) is 11.3 Å². The van der Waals surface area contributed by atoms with Crippen molar-refractivity contribution in [3.63, 3.8) is 0 Å². The van der Waals surface area contributed by atoms with Gasteiger partial charge in [0.25, 0.3) is 0 Å². The number of nitrogens with zero attached hydrogens (tertiary/aromatic N) is 5. The van der Waals surface area contributed by atoms with Crippen molar-refractivity contribution in [1.82, 2.24) is 19.7 Å². The van der Waals surface area contributed by atoms with Crippen molar-refractivity contribution in [2.75, 3.05) is 11.4 Å². The predicted octanol–water partition coefficient (Wildman–Crippen LogP) is 9.30. The summed E-state index contributed by atoms with van der Waals surface area (Å²) in [5, 5.41) is 4.76. The lowest BCUT2D eigenvalue weighted by atomic mass is 9.51. The first kappa shape index (κ1) is 28.8. The first-order valence-electron chi connectivity index (χ1n) is 17.3. The van der Waals surface area contributed by atoms with E-state index in [-0.39, 0.29) is 5.54 Å². The molecule has 3 aromatic rings. The standard InChI is InChI=1S/C38H51N5/c1-5-30-12-13-33(22-28(30)2)38-19-16-37(17-20-38,18-21-38)27-42(29(3)31-10-7-6-8-11-31)35-25-39-24-34(41-35)32-23-40-43(26-32)36(4)14-9-15-36/h12-13,22-26,31H,3,5-11,14-21,27H2,1-2,4H3. The summed E-state index contributed by atoms with van der Waals surface area (Å²) in [7, 11) is 0. The zero-order valence-electron chi connectivity index (χ0n) is 26.9. The van der Waals surface area contributed by atoms with Gasteiger partial charge in [0.15, 0.2) is 5.82 Å². The van der Waals surface area contributed by atoms with E-state index < -0.39 is 0 Å². The molecule has 5 heteroatoms. The van der Waals surface area contributed by atoms with E-state index in [1.54, 1.807) is 5.56 Å². The lowest BCUT2D eigenvalue weighted by Gasteiger charge is -2.55. The smallest absolute Gasteiger partial charge is 0.152 e. The van der Waals surface area contributed by atoms with Gasteiger partial charge in [-0.3, -0.25) is 9.67 Å². The fourth-order valence-electron chi connectivity index (χ4n) is 8.97. The van der Waals surface area contributed by atoms with Crippen LogP contribution in [0.5, 0.6) is 0 Å². The van der Waals surface area contributed by atoms with Crippen LogP contribution < -0.4 is 4.90 Å². The molecule has 0 N–H and O–H groups in total. The van der Waals surface area contributed by atoms with Gasteiger partial charge in [0, 0.05) is 24.0 Å². The van der Waals surface area contributed by atoms with Crippen molar-refractivity contribution in [3.8, 4) is 11.3 Å². The average molecular weight is 578 g/mol. The fourth-order valence-corrected chi connectivity index (χ4v) is 8.97. The minimum Gasteiger partial charge on any atom is -0.329 e. The summed E-state index contributed by atoms with van der Waals surface area (Å²) in [5.74, 6) is 1.52. The van der Waals surface area contributed by atoms with Gasteiger partial charge in [-0.1, -0.05) is 51.0 Å². The van der Waals surface area contributed by atoms with E-state index in [2.05, 4.69) is 54.7 Å². The van der Waals surface area contributed by atoms with Crippen LogP contribution in [0.3, 0.4) is 0 Å². The quantitative estimate of drug-likeness (QED) is 0.254. The van der Waals surface area contributed by atoms with Gasteiger partial charge in [-0.05, 0) is 124 Å². The summed E-state index contributed by atoms with van der Waals surface area (Å²) in [5.41, 5.74) is 8.64. The molecule has 1 aromatic carbocycles. The van der Waals surface area contributed by atoms with E-state index in [1.165, 1.54) is 107 Å². The van der Waals surface area contributed by atoms with Crippen LogP contribution in [-0.2, 0) is 17.4 Å². The van der Waals surface area contributed by atoms with E-state index in [1.807, 2.05) is 18.6 Å². The maximum absolute atomic E-state index is 5.28. The highest BCUT2D eigenvalue weighted by Gasteiger charge is 2.50. The third-order valence-corrected chi connectivity index (χ3v) is 12.4. The molecule has 228 valence electrons. The molecule has 0 atom stereocenters. The van der Waals surface area contributed by atoms with Crippen LogP contribution in [0.25, 0.3) is 11.3 Å². The summed E-state index contributed by atoms with van der Waals surface area (Å²) in [6.07, 6.45) is 27.1. The molecule has 0 amide bonds. The van der Waals surface area contributed by atoms with Crippen molar-refractivity contribution in [1.29, 1.82) is 0 Å². The van der Waals surface area contributed by atoms with Crippen LogP contribution in [0, 0.1) is 18.3 Å². The van der Waals surface area contributed by atoms with Gasteiger partial charge in [-0.25, -0.2) is 4.98 Å². The molecule has 5 saturated carbocycles. The van der Waals surface area contributed by atoms with Gasteiger partial charge < -0.3 is 4.90 Å². The minimum absolute atomic E-state index is 0.150. The largest absolute Gasteiger partial charge is 0.329 e. The summed E-state index contributed by atoms with van der Waals surface area (Å²) >= 11 is 0. The number of allylic oxidation sites excluding steroid dienone is 1. The summed E-state index contributed by atoms with van der Waals surface area (Å²) in [4.78, 5) is 12.6. The van der Waals surface area contributed by atoms with Crippen molar-refractivity contribution in [3.05, 3.63) is 72.0 Å². The van der Waals surface area contributed by atoms with E-state index in [4.69, 9.17) is 21.6 Å². The second-order valence-electron chi connectivity index (χ2n) is 15.0. The van der Waals surface area contributed by atoms with E-state index in [0.717, 1.165) is 30.0 Å². The Hall–Kier alpha value is -2.95. The number of aryl methyl sites for hydroxylation is 2. The molecule has 5 fully saturated rings. The van der Waals surface area contributed by atoms with Crippen molar-refractivity contribution >= 4 is 5.82 Å². The van der Waals surface area contributed by atoms with Gasteiger partial charge in [-0.2, -0.15) is 5.10 Å². The molecule has 5 aliphatic carbocycles. The Morgan fingerprint density at radius 1 is 0.953 bits per heavy atom. The number of rotatable bonds is 9. The highest BCUT2D eigenvalue weighted by Crippen LogP contribution is 2.58. The third-order valence-electron chi connectivity index (χ3n) is 12.4. The van der Waals surface area contributed by atoms with Gasteiger partial charge >= 0.3 is 0 Å². The number of aromatic nitrogens is 4. The molecule has 5 nitrogen and oxygen atoms in total. The Morgan fingerprint density at radius 2 is 1.70 bits per heavy atom. The Labute approximate surface area is 259 Å². The SMILES string of the molecule is C=C(C1CCCCC1)N(CC12CCC(c3ccc(CC)c(C)c3)(CC1)CC2)c1cncc(-c2cnn(C3(C)CCC3)c2)n1. The topological polar surface area (TPSA) is 46.8 Å². The van der Waals surface area contributed by atoms with Crippen molar-refractivity contribution < 1.29 is 0 Å². The highest BCUT2D eigenvalue weighted by molar-refractivity contribution is 5.59. The predicted molar refractivity (Wildman–Crippen MR) is 176 cm³/mol. The molecule has 0 unspecified atom stereocenters. The van der Waals surface area contributed by atoms with Gasteiger partial charge in [-0.15, -0.1) is 0 Å². The van der Waals surface area contributed by atoms with E-state index >= 15 is 0 Å². The van der Waals surface area contributed by atoms with Gasteiger partial charge in [0.05, 0.1) is 29.8 Å². The Morgan fingerprint density at radius 3 is 2.35 bits per heavy atom. The Kier molecular flexibility index (Phi) is 7.50. The maximum Gasteiger partial charge on any atom is 0.152 e. The number of hydrogen-bond donors (Lipinski definition) is 0. The fraction of sp³-hybridized carbons (Fsp3) is 0.605. The van der Waals surface area contributed by atoms with Crippen molar-refractivity contribution in [2.45, 2.75) is 128 Å². The van der Waals surface area contributed by atoms with Crippen LogP contribution in [0.4, 0.5) is 5.82 Å². The normalized spacial score (nSPS) is 26.7. The van der Waals surface area contributed by atoms with Crippen LogP contribution in [0.15, 0.2) is 55.3 Å². The lowest BCUT2D eigenvalue weighted by molar-refractivity contribution is 0.0459. The van der Waals surface area contributed by atoms with E-state index in [9.17, 15) is 0 Å². The van der Waals surface area contributed by atoms with Gasteiger partial charge in [0.1, 0.15) is 0 Å². The maximum atomic E-state index is 5.28. The zero-order chi connectivity index (χ0) is 29.7. The molecular weight excluding hydrogens is 526 g/mol. The van der Waals surface area contributed by atoms with Gasteiger partial charge in [0.2, 0.25) is 0 Å². The molecule has 43 heavy (non-hydrogen) atoms. The van der Waals surface area contributed by atoms with Crippen LogP contribution >= 0.6 is 0 Å². The molecular formula is C38H51N5. The second kappa shape index (κ2) is 11.2. The molecule has 0 aliphatic heterocycles. The Bertz CT molecular complexity index is 1450. The number of anilines is 1. The minimum atomic E-state index is 0.150. The molecule has 2 heterocycles. The molecule has 5 aliphatic rings. The second-order valence-corrected chi connectivity index (χ2v) is 15.0. The lowest BCUT2D eigenvalue weighted by Crippen LogP contribution is -2.49. The first-order chi connectivity index (χ1) is 20.8. The number of fused-ring (bicyclic) bond motifs is 3. The highest BCUT2D eigenvalue weighted by atomic mass is 15.3. The molecule has 8 rings (SSSR count). The zero-order valence-corrected chi connectivity index (χ0v) is 26.9.